The summed E-state index contributed by atoms with van der Waals surface area (Å²) in [5.74, 6) is 2.25. The van der Waals surface area contributed by atoms with Gasteiger partial charge in [0.25, 0.3) is 0 Å². The Morgan fingerprint density at radius 1 is 1.31 bits per heavy atom. The summed E-state index contributed by atoms with van der Waals surface area (Å²) >= 11 is 4.50. The van der Waals surface area contributed by atoms with E-state index in [9.17, 15) is 0 Å². The van der Waals surface area contributed by atoms with Crippen molar-refractivity contribution in [2.45, 2.75) is 52.0 Å². The molecule has 0 aliphatic heterocycles. The second-order valence-corrected chi connectivity index (χ2v) is 5.82. The van der Waals surface area contributed by atoms with Crippen molar-refractivity contribution in [3.05, 3.63) is 17.2 Å². The second kappa shape index (κ2) is 3.80. The standard InChI is InChI=1S/C13H20N2S/c1-10-14-11-4-2-3-5-12(11)15(10)8-13(9-16)6-7-13/h16H,2-9H2,1H3. The van der Waals surface area contributed by atoms with Crippen LogP contribution in [-0.4, -0.2) is 15.3 Å². The van der Waals surface area contributed by atoms with Gasteiger partial charge in [-0.2, -0.15) is 12.6 Å². The van der Waals surface area contributed by atoms with E-state index in [-0.39, 0.29) is 0 Å². The minimum Gasteiger partial charge on any atom is -0.331 e. The molecule has 1 aromatic heterocycles. The third-order valence-electron chi connectivity index (χ3n) is 4.21. The number of imidazole rings is 1. The van der Waals surface area contributed by atoms with Crippen LogP contribution in [0.1, 0.15) is 42.9 Å². The largest absolute Gasteiger partial charge is 0.331 e. The minimum atomic E-state index is 0.500. The van der Waals surface area contributed by atoms with Crippen LogP contribution in [0.5, 0.6) is 0 Å². The first-order valence-electron chi connectivity index (χ1n) is 6.40. The zero-order chi connectivity index (χ0) is 11.2. The van der Waals surface area contributed by atoms with Gasteiger partial charge in [-0.15, -0.1) is 0 Å². The molecule has 0 saturated heterocycles. The molecule has 2 aliphatic carbocycles. The molecule has 0 amide bonds. The highest BCUT2D eigenvalue weighted by atomic mass is 32.1. The van der Waals surface area contributed by atoms with Crippen LogP contribution in [0.2, 0.25) is 0 Å². The van der Waals surface area contributed by atoms with E-state index in [2.05, 4.69) is 24.1 Å². The first kappa shape index (κ1) is 10.7. The van der Waals surface area contributed by atoms with Crippen LogP contribution < -0.4 is 0 Å². The van der Waals surface area contributed by atoms with Crippen LogP contribution in [-0.2, 0) is 19.4 Å². The summed E-state index contributed by atoms with van der Waals surface area (Å²) in [6.45, 7) is 3.32. The monoisotopic (exact) mass is 236 g/mol. The molecule has 0 radical (unpaired) electrons. The Hall–Kier alpha value is -0.440. The Kier molecular flexibility index (Phi) is 2.54. The Balaban J connectivity index is 1.91. The molecule has 1 fully saturated rings. The maximum atomic E-state index is 4.74. The molecule has 1 saturated carbocycles. The minimum absolute atomic E-state index is 0.500. The maximum Gasteiger partial charge on any atom is 0.106 e. The predicted octanol–water partition coefficient (Wildman–Crippen LogP) is 2.78. The van der Waals surface area contributed by atoms with Crippen molar-refractivity contribution in [1.82, 2.24) is 9.55 Å². The highest BCUT2D eigenvalue weighted by molar-refractivity contribution is 7.80. The SMILES string of the molecule is Cc1nc2c(n1CC1(CS)CC1)CCCC2. The van der Waals surface area contributed by atoms with E-state index in [1.807, 2.05) is 0 Å². The second-order valence-electron chi connectivity index (χ2n) is 5.50. The van der Waals surface area contributed by atoms with E-state index in [0.717, 1.165) is 12.3 Å². The van der Waals surface area contributed by atoms with Crippen molar-refractivity contribution < 1.29 is 0 Å². The normalized spacial score (nSPS) is 21.9. The van der Waals surface area contributed by atoms with Crippen LogP contribution in [0.3, 0.4) is 0 Å². The third-order valence-corrected chi connectivity index (χ3v) is 4.88. The van der Waals surface area contributed by atoms with E-state index >= 15 is 0 Å². The summed E-state index contributed by atoms with van der Waals surface area (Å²) in [6, 6.07) is 0. The summed E-state index contributed by atoms with van der Waals surface area (Å²) in [5.41, 5.74) is 3.40. The molecule has 0 atom stereocenters. The fraction of sp³-hybridized carbons (Fsp3) is 0.769. The lowest BCUT2D eigenvalue weighted by Crippen LogP contribution is -2.17. The number of rotatable bonds is 3. The van der Waals surface area contributed by atoms with Gasteiger partial charge in [0.15, 0.2) is 0 Å². The van der Waals surface area contributed by atoms with Crippen LogP contribution in [0.15, 0.2) is 0 Å². The van der Waals surface area contributed by atoms with Crippen LogP contribution in [0, 0.1) is 12.3 Å². The van der Waals surface area contributed by atoms with Gasteiger partial charge in [-0.05, 0) is 56.6 Å². The molecule has 16 heavy (non-hydrogen) atoms. The first-order chi connectivity index (χ1) is 7.74. The van der Waals surface area contributed by atoms with Crippen molar-refractivity contribution in [1.29, 1.82) is 0 Å². The molecule has 0 spiro atoms. The Morgan fingerprint density at radius 2 is 2.06 bits per heavy atom. The number of aromatic nitrogens is 2. The van der Waals surface area contributed by atoms with E-state index < -0.39 is 0 Å². The zero-order valence-electron chi connectivity index (χ0n) is 10.00. The highest BCUT2D eigenvalue weighted by Crippen LogP contribution is 2.48. The van der Waals surface area contributed by atoms with Gasteiger partial charge < -0.3 is 4.57 Å². The lowest BCUT2D eigenvalue weighted by Gasteiger charge is -2.19. The Labute approximate surface area is 103 Å². The van der Waals surface area contributed by atoms with E-state index in [4.69, 9.17) is 4.98 Å². The van der Waals surface area contributed by atoms with Crippen molar-refractivity contribution in [3.8, 4) is 0 Å². The van der Waals surface area contributed by atoms with Crippen molar-refractivity contribution in [2.75, 3.05) is 5.75 Å². The van der Waals surface area contributed by atoms with Gasteiger partial charge >= 0.3 is 0 Å². The lowest BCUT2D eigenvalue weighted by molar-refractivity contribution is 0.450. The van der Waals surface area contributed by atoms with Gasteiger partial charge in [-0.25, -0.2) is 4.98 Å². The van der Waals surface area contributed by atoms with Crippen molar-refractivity contribution in [3.63, 3.8) is 0 Å². The summed E-state index contributed by atoms with van der Waals surface area (Å²) in [4.78, 5) is 4.74. The number of hydrogen-bond donors (Lipinski definition) is 1. The van der Waals surface area contributed by atoms with Crippen LogP contribution in [0.4, 0.5) is 0 Å². The molecule has 0 unspecified atom stereocenters. The van der Waals surface area contributed by atoms with Gasteiger partial charge in [-0.1, -0.05) is 0 Å². The number of thiol groups is 1. The average Bonchev–Trinajstić information content (AvgIpc) is 3.01. The molecule has 88 valence electrons. The molecule has 0 N–H and O–H groups in total. The summed E-state index contributed by atoms with van der Waals surface area (Å²) in [5, 5.41) is 0. The smallest absolute Gasteiger partial charge is 0.106 e. The molecular weight excluding hydrogens is 216 g/mol. The van der Waals surface area contributed by atoms with Gasteiger partial charge in [0, 0.05) is 12.2 Å². The fourth-order valence-electron chi connectivity index (χ4n) is 2.82. The van der Waals surface area contributed by atoms with Gasteiger partial charge in [0.05, 0.1) is 5.69 Å². The average molecular weight is 236 g/mol. The van der Waals surface area contributed by atoms with E-state index in [1.54, 1.807) is 0 Å². The zero-order valence-corrected chi connectivity index (χ0v) is 10.9. The first-order valence-corrected chi connectivity index (χ1v) is 7.03. The summed E-state index contributed by atoms with van der Waals surface area (Å²) < 4.78 is 2.48. The lowest BCUT2D eigenvalue weighted by atomic mass is 10.0. The van der Waals surface area contributed by atoms with Crippen molar-refractivity contribution in [2.24, 2.45) is 5.41 Å². The van der Waals surface area contributed by atoms with Crippen LogP contribution in [0.25, 0.3) is 0 Å². The highest BCUT2D eigenvalue weighted by Gasteiger charge is 2.42. The molecule has 1 aromatic rings. The molecule has 0 bridgehead atoms. The molecule has 3 heteroatoms. The van der Waals surface area contributed by atoms with Gasteiger partial charge in [0.2, 0.25) is 0 Å². The molecular formula is C13H20N2S. The Morgan fingerprint density at radius 3 is 2.75 bits per heavy atom. The quantitative estimate of drug-likeness (QED) is 0.799. The molecule has 0 aromatic carbocycles. The molecule has 2 aliphatic rings. The van der Waals surface area contributed by atoms with E-state index in [1.165, 1.54) is 55.7 Å². The predicted molar refractivity (Wildman–Crippen MR) is 69.1 cm³/mol. The van der Waals surface area contributed by atoms with Crippen molar-refractivity contribution >= 4 is 12.6 Å². The fourth-order valence-corrected chi connectivity index (χ4v) is 3.24. The topological polar surface area (TPSA) is 17.8 Å². The third kappa shape index (κ3) is 1.69. The molecule has 3 rings (SSSR count). The Bertz CT molecular complexity index is 404. The number of fused-ring (bicyclic) bond motifs is 1. The summed E-state index contributed by atoms with van der Waals surface area (Å²) in [7, 11) is 0. The van der Waals surface area contributed by atoms with Crippen LogP contribution >= 0.6 is 12.6 Å². The van der Waals surface area contributed by atoms with Gasteiger partial charge in [0.1, 0.15) is 5.82 Å². The molecule has 2 nitrogen and oxygen atoms in total. The maximum absolute atomic E-state index is 4.74. The van der Waals surface area contributed by atoms with E-state index in [0.29, 0.717) is 5.41 Å². The number of hydrogen-bond acceptors (Lipinski definition) is 2. The molecule has 1 heterocycles. The number of nitrogens with zero attached hydrogens (tertiary/aromatic N) is 2. The summed E-state index contributed by atoms with van der Waals surface area (Å²) in [6.07, 6.45) is 7.79. The number of aryl methyl sites for hydroxylation is 2. The van der Waals surface area contributed by atoms with Gasteiger partial charge in [-0.3, -0.25) is 0 Å².